The van der Waals surface area contributed by atoms with Gasteiger partial charge in [0.1, 0.15) is 0 Å². The Morgan fingerprint density at radius 2 is 2.29 bits per heavy atom. The predicted octanol–water partition coefficient (Wildman–Crippen LogP) is 2.50. The molecular formula is C11H13BrN4S. The zero-order valence-electron chi connectivity index (χ0n) is 9.43. The molecule has 0 aliphatic heterocycles. The molecule has 90 valence electrons. The zero-order chi connectivity index (χ0) is 12.3. The van der Waals surface area contributed by atoms with E-state index in [0.29, 0.717) is 6.42 Å². The Kier molecular flexibility index (Phi) is 4.20. The number of nitrogens with two attached hydrogens (primary N) is 1. The quantitative estimate of drug-likeness (QED) is 0.942. The van der Waals surface area contributed by atoms with E-state index in [1.807, 2.05) is 12.1 Å². The number of aromatic nitrogens is 3. The van der Waals surface area contributed by atoms with E-state index < -0.39 is 0 Å². The highest BCUT2D eigenvalue weighted by Crippen LogP contribution is 2.22. The molecule has 2 aromatic heterocycles. The summed E-state index contributed by atoms with van der Waals surface area (Å²) < 4.78 is 4.93. The molecule has 0 bridgehead atoms. The smallest absolute Gasteiger partial charge is 0.0801 e. The number of pyridine rings is 1. The van der Waals surface area contributed by atoms with Crippen molar-refractivity contribution in [1.82, 2.24) is 14.6 Å². The third kappa shape index (κ3) is 3.08. The molecule has 0 fully saturated rings. The van der Waals surface area contributed by atoms with Gasteiger partial charge in [-0.2, -0.15) is 0 Å². The molecule has 0 aliphatic rings. The van der Waals surface area contributed by atoms with Crippen LogP contribution in [-0.2, 0) is 12.8 Å². The van der Waals surface area contributed by atoms with Crippen molar-refractivity contribution in [2.45, 2.75) is 25.8 Å². The van der Waals surface area contributed by atoms with Gasteiger partial charge in [-0.1, -0.05) is 11.4 Å². The van der Waals surface area contributed by atoms with E-state index in [9.17, 15) is 0 Å². The van der Waals surface area contributed by atoms with E-state index in [4.69, 9.17) is 5.73 Å². The summed E-state index contributed by atoms with van der Waals surface area (Å²) in [5.41, 5.74) is 8.15. The fourth-order valence-electron chi connectivity index (χ4n) is 1.59. The molecule has 0 saturated heterocycles. The molecule has 6 heteroatoms. The molecule has 0 spiro atoms. The van der Waals surface area contributed by atoms with Crippen molar-refractivity contribution in [3.8, 4) is 0 Å². The van der Waals surface area contributed by atoms with Crippen LogP contribution in [0.3, 0.4) is 0 Å². The minimum Gasteiger partial charge on any atom is -0.323 e. The highest BCUT2D eigenvalue weighted by atomic mass is 79.9. The summed E-state index contributed by atoms with van der Waals surface area (Å²) in [6.45, 7) is 2.06. The fraction of sp³-hybridized carbons (Fsp3) is 0.364. The third-order valence-corrected chi connectivity index (χ3v) is 3.84. The molecule has 0 aromatic carbocycles. The average Bonchev–Trinajstić information content (AvgIpc) is 2.80. The molecule has 4 nitrogen and oxygen atoms in total. The highest BCUT2D eigenvalue weighted by molar-refractivity contribution is 9.10. The van der Waals surface area contributed by atoms with Gasteiger partial charge in [0.15, 0.2) is 0 Å². The van der Waals surface area contributed by atoms with E-state index >= 15 is 0 Å². The standard InChI is InChI=1S/C11H13BrN4S/c1-2-10-11(17-16-15-10)9(13)5-8-4-3-7(12)6-14-8/h3-4,6,9H,2,5,13H2,1H3. The van der Waals surface area contributed by atoms with Crippen LogP contribution in [-0.4, -0.2) is 14.6 Å². The number of nitrogens with zero attached hydrogens (tertiary/aromatic N) is 3. The van der Waals surface area contributed by atoms with Gasteiger partial charge in [0.25, 0.3) is 0 Å². The van der Waals surface area contributed by atoms with Gasteiger partial charge in [0, 0.05) is 28.8 Å². The van der Waals surface area contributed by atoms with Crippen LogP contribution >= 0.6 is 27.5 Å². The molecule has 2 heterocycles. The van der Waals surface area contributed by atoms with Gasteiger partial charge >= 0.3 is 0 Å². The second-order valence-electron chi connectivity index (χ2n) is 3.72. The van der Waals surface area contributed by atoms with E-state index in [1.165, 1.54) is 11.5 Å². The molecule has 1 unspecified atom stereocenters. The maximum atomic E-state index is 6.16. The lowest BCUT2D eigenvalue weighted by Gasteiger charge is -2.09. The molecule has 1 atom stereocenters. The average molecular weight is 313 g/mol. The normalized spacial score (nSPS) is 12.6. The number of aryl methyl sites for hydroxylation is 1. The van der Waals surface area contributed by atoms with Crippen molar-refractivity contribution in [1.29, 1.82) is 0 Å². The molecule has 0 saturated carbocycles. The Balaban J connectivity index is 2.11. The Bertz CT molecular complexity index is 482. The zero-order valence-corrected chi connectivity index (χ0v) is 11.8. The second kappa shape index (κ2) is 5.66. The van der Waals surface area contributed by atoms with Crippen molar-refractivity contribution >= 4 is 27.5 Å². The first-order valence-electron chi connectivity index (χ1n) is 5.37. The fourth-order valence-corrected chi connectivity index (χ4v) is 2.56. The second-order valence-corrected chi connectivity index (χ2v) is 5.42. The van der Waals surface area contributed by atoms with Crippen LogP contribution in [0.15, 0.2) is 22.8 Å². The van der Waals surface area contributed by atoms with E-state index in [1.54, 1.807) is 6.20 Å². The molecule has 2 rings (SSSR count). The summed E-state index contributed by atoms with van der Waals surface area (Å²) in [4.78, 5) is 5.39. The first-order chi connectivity index (χ1) is 8.20. The molecule has 0 radical (unpaired) electrons. The summed E-state index contributed by atoms with van der Waals surface area (Å²) in [7, 11) is 0. The number of rotatable bonds is 4. The summed E-state index contributed by atoms with van der Waals surface area (Å²) in [5, 5.41) is 4.07. The predicted molar refractivity (Wildman–Crippen MR) is 71.9 cm³/mol. The van der Waals surface area contributed by atoms with Crippen LogP contribution in [0.4, 0.5) is 0 Å². The number of hydrogen-bond acceptors (Lipinski definition) is 5. The SMILES string of the molecule is CCc1nnsc1C(N)Cc1ccc(Br)cn1. The Hall–Kier alpha value is -0.850. The molecule has 0 aliphatic carbocycles. The van der Waals surface area contributed by atoms with Crippen molar-refractivity contribution in [3.63, 3.8) is 0 Å². The molecule has 17 heavy (non-hydrogen) atoms. The van der Waals surface area contributed by atoms with Crippen molar-refractivity contribution in [2.75, 3.05) is 0 Å². The maximum Gasteiger partial charge on any atom is 0.0801 e. The maximum absolute atomic E-state index is 6.16. The van der Waals surface area contributed by atoms with Crippen LogP contribution < -0.4 is 5.73 Å². The van der Waals surface area contributed by atoms with E-state index in [0.717, 1.165) is 27.2 Å². The van der Waals surface area contributed by atoms with Crippen LogP contribution in [0, 0.1) is 0 Å². The summed E-state index contributed by atoms with van der Waals surface area (Å²) >= 11 is 4.74. The third-order valence-electron chi connectivity index (χ3n) is 2.47. The lowest BCUT2D eigenvalue weighted by atomic mass is 10.1. The first-order valence-corrected chi connectivity index (χ1v) is 6.94. The lowest BCUT2D eigenvalue weighted by Crippen LogP contribution is -2.14. The van der Waals surface area contributed by atoms with Crippen LogP contribution in [0.25, 0.3) is 0 Å². The Morgan fingerprint density at radius 3 is 2.94 bits per heavy atom. The first kappa shape index (κ1) is 12.6. The van der Waals surface area contributed by atoms with E-state index in [-0.39, 0.29) is 6.04 Å². The van der Waals surface area contributed by atoms with Crippen LogP contribution in [0.5, 0.6) is 0 Å². The lowest BCUT2D eigenvalue weighted by molar-refractivity contribution is 0.707. The summed E-state index contributed by atoms with van der Waals surface area (Å²) in [6.07, 6.45) is 3.37. The Labute approximate surface area is 113 Å². The molecule has 0 amide bonds. The van der Waals surface area contributed by atoms with Gasteiger partial charge in [-0.05, 0) is 46.0 Å². The van der Waals surface area contributed by atoms with Crippen LogP contribution in [0.2, 0.25) is 0 Å². The van der Waals surface area contributed by atoms with E-state index in [2.05, 4.69) is 37.4 Å². The number of hydrogen-bond donors (Lipinski definition) is 1. The highest BCUT2D eigenvalue weighted by Gasteiger charge is 2.15. The molecule has 2 aromatic rings. The van der Waals surface area contributed by atoms with Gasteiger partial charge in [-0.3, -0.25) is 4.98 Å². The van der Waals surface area contributed by atoms with Gasteiger partial charge in [-0.15, -0.1) is 5.10 Å². The van der Waals surface area contributed by atoms with Crippen molar-refractivity contribution in [2.24, 2.45) is 5.73 Å². The summed E-state index contributed by atoms with van der Waals surface area (Å²) in [6, 6.07) is 3.88. The van der Waals surface area contributed by atoms with Crippen LogP contribution in [0.1, 0.15) is 29.2 Å². The Morgan fingerprint density at radius 1 is 1.47 bits per heavy atom. The molecule has 2 N–H and O–H groups in total. The monoisotopic (exact) mass is 312 g/mol. The number of halogens is 1. The van der Waals surface area contributed by atoms with Gasteiger partial charge in [-0.25, -0.2) is 0 Å². The van der Waals surface area contributed by atoms with Crippen molar-refractivity contribution in [3.05, 3.63) is 39.1 Å². The van der Waals surface area contributed by atoms with Gasteiger partial charge < -0.3 is 5.73 Å². The summed E-state index contributed by atoms with van der Waals surface area (Å²) in [5.74, 6) is 0. The topological polar surface area (TPSA) is 64.7 Å². The van der Waals surface area contributed by atoms with Gasteiger partial charge in [0.05, 0.1) is 10.6 Å². The largest absolute Gasteiger partial charge is 0.323 e. The minimum absolute atomic E-state index is 0.0707. The molecular weight excluding hydrogens is 300 g/mol. The minimum atomic E-state index is -0.0707. The van der Waals surface area contributed by atoms with Crippen molar-refractivity contribution < 1.29 is 0 Å². The van der Waals surface area contributed by atoms with Gasteiger partial charge in [0.2, 0.25) is 0 Å².